The molecule has 0 radical (unpaired) electrons. The van der Waals surface area contributed by atoms with E-state index in [0.717, 1.165) is 42.3 Å². The van der Waals surface area contributed by atoms with Crippen molar-refractivity contribution in [1.29, 1.82) is 0 Å². The molecule has 1 aromatic carbocycles. The second kappa shape index (κ2) is 10.5. The van der Waals surface area contributed by atoms with E-state index in [0.29, 0.717) is 24.3 Å². The first kappa shape index (κ1) is 22.1. The van der Waals surface area contributed by atoms with Gasteiger partial charge in [0, 0.05) is 22.7 Å². The van der Waals surface area contributed by atoms with Gasteiger partial charge in [0.1, 0.15) is 11.5 Å². The van der Waals surface area contributed by atoms with Gasteiger partial charge < -0.3 is 20.4 Å². The number of nitrogens with zero attached hydrogens (tertiary/aromatic N) is 1. The van der Waals surface area contributed by atoms with Crippen molar-refractivity contribution in [2.75, 3.05) is 25.0 Å². The van der Waals surface area contributed by atoms with Gasteiger partial charge in [-0.3, -0.25) is 9.69 Å². The van der Waals surface area contributed by atoms with E-state index < -0.39 is 0 Å². The van der Waals surface area contributed by atoms with Gasteiger partial charge in [-0.1, -0.05) is 12.1 Å². The van der Waals surface area contributed by atoms with Crippen LogP contribution < -0.4 is 16.0 Å². The second-order valence-electron chi connectivity index (χ2n) is 7.89. The summed E-state index contributed by atoms with van der Waals surface area (Å²) < 4.78 is 5.84. The zero-order valence-electron chi connectivity index (χ0n) is 18.1. The highest BCUT2D eigenvalue weighted by atomic mass is 32.1. The minimum atomic E-state index is -0.311. The third-order valence-corrected chi connectivity index (χ3v) is 6.39. The van der Waals surface area contributed by atoms with Gasteiger partial charge in [-0.2, -0.15) is 0 Å². The van der Waals surface area contributed by atoms with E-state index in [-0.39, 0.29) is 18.0 Å². The van der Waals surface area contributed by atoms with Gasteiger partial charge in [0.25, 0.3) is 5.91 Å². The standard InChI is InChI=1S/C24H28N4O3S/c1-17-9-10-22(31-17)21(28-11-2-3-12-28)16-26-24(30)27-19-7-4-6-18(14-19)23(29)25-15-20-8-5-13-32-20/h4-10,13-14,21H,2-3,11-12,15-16H2,1H3,(H,25,29)(H2,26,27,30). The van der Waals surface area contributed by atoms with Gasteiger partial charge in [0.05, 0.1) is 12.6 Å². The molecule has 3 aromatic rings. The van der Waals surface area contributed by atoms with Crippen LogP contribution in [0, 0.1) is 6.92 Å². The lowest BCUT2D eigenvalue weighted by atomic mass is 10.2. The fraction of sp³-hybridized carbons (Fsp3) is 0.333. The largest absolute Gasteiger partial charge is 0.465 e. The molecule has 1 saturated heterocycles. The molecule has 4 rings (SSSR count). The lowest BCUT2D eigenvalue weighted by molar-refractivity contribution is 0.0951. The topological polar surface area (TPSA) is 86.6 Å². The number of likely N-dealkylation sites (tertiary alicyclic amines) is 1. The van der Waals surface area contributed by atoms with Crippen molar-refractivity contribution in [3.63, 3.8) is 0 Å². The number of rotatable bonds is 8. The maximum Gasteiger partial charge on any atom is 0.319 e. The van der Waals surface area contributed by atoms with Crippen molar-refractivity contribution in [2.24, 2.45) is 0 Å². The molecule has 0 aliphatic carbocycles. The molecule has 7 nitrogen and oxygen atoms in total. The van der Waals surface area contributed by atoms with Crippen LogP contribution in [0.15, 0.2) is 58.3 Å². The Kier molecular flexibility index (Phi) is 7.24. The van der Waals surface area contributed by atoms with Crippen molar-refractivity contribution >= 4 is 29.0 Å². The minimum Gasteiger partial charge on any atom is -0.465 e. The summed E-state index contributed by atoms with van der Waals surface area (Å²) in [5.41, 5.74) is 1.07. The first-order chi connectivity index (χ1) is 15.6. The van der Waals surface area contributed by atoms with Crippen LogP contribution in [0.25, 0.3) is 0 Å². The van der Waals surface area contributed by atoms with Crippen LogP contribution in [0.1, 0.15) is 45.6 Å². The van der Waals surface area contributed by atoms with Gasteiger partial charge in [0.2, 0.25) is 0 Å². The molecular weight excluding hydrogens is 424 g/mol. The Hall–Kier alpha value is -3.10. The Morgan fingerprint density at radius 3 is 2.66 bits per heavy atom. The van der Waals surface area contributed by atoms with E-state index in [1.165, 1.54) is 0 Å². The molecule has 0 spiro atoms. The summed E-state index contributed by atoms with van der Waals surface area (Å²) in [7, 11) is 0. The highest BCUT2D eigenvalue weighted by Gasteiger charge is 2.26. The second-order valence-corrected chi connectivity index (χ2v) is 8.92. The van der Waals surface area contributed by atoms with Gasteiger partial charge >= 0.3 is 6.03 Å². The highest BCUT2D eigenvalue weighted by molar-refractivity contribution is 7.09. The van der Waals surface area contributed by atoms with Crippen LogP contribution >= 0.6 is 11.3 Å². The van der Waals surface area contributed by atoms with Crippen LogP contribution in [0.5, 0.6) is 0 Å². The molecule has 0 bridgehead atoms. The number of benzene rings is 1. The normalized spacial score (nSPS) is 14.8. The lowest BCUT2D eigenvalue weighted by Crippen LogP contribution is -2.38. The molecule has 1 atom stereocenters. The van der Waals surface area contributed by atoms with Crippen molar-refractivity contribution in [2.45, 2.75) is 32.4 Å². The smallest absolute Gasteiger partial charge is 0.319 e. The predicted molar refractivity (Wildman–Crippen MR) is 126 cm³/mol. The zero-order valence-corrected chi connectivity index (χ0v) is 18.9. The van der Waals surface area contributed by atoms with E-state index in [1.807, 2.05) is 36.6 Å². The number of nitrogens with one attached hydrogen (secondary N) is 3. The number of carbonyl (C=O) groups is 2. The molecule has 3 amide bonds. The van der Waals surface area contributed by atoms with Crippen LogP contribution in [0.2, 0.25) is 0 Å². The Morgan fingerprint density at radius 2 is 1.94 bits per heavy atom. The number of carbonyl (C=O) groups excluding carboxylic acids is 2. The van der Waals surface area contributed by atoms with Crippen molar-refractivity contribution in [3.05, 3.63) is 75.9 Å². The molecular formula is C24H28N4O3S. The number of amides is 3. The fourth-order valence-corrected chi connectivity index (χ4v) is 4.53. The molecule has 32 heavy (non-hydrogen) atoms. The monoisotopic (exact) mass is 452 g/mol. The minimum absolute atomic E-state index is 0.00585. The van der Waals surface area contributed by atoms with Gasteiger partial charge in [0.15, 0.2) is 0 Å². The van der Waals surface area contributed by atoms with E-state index in [4.69, 9.17) is 4.42 Å². The molecule has 2 aromatic heterocycles. The summed E-state index contributed by atoms with van der Waals surface area (Å²) in [6, 6.07) is 14.5. The molecule has 0 saturated carbocycles. The van der Waals surface area contributed by atoms with Crippen LogP contribution in [0.3, 0.4) is 0 Å². The number of furan rings is 1. The zero-order chi connectivity index (χ0) is 22.3. The van der Waals surface area contributed by atoms with Crippen LogP contribution in [-0.4, -0.2) is 36.5 Å². The van der Waals surface area contributed by atoms with Gasteiger partial charge in [-0.05, 0) is 74.6 Å². The maximum atomic E-state index is 12.6. The molecule has 1 fully saturated rings. The van der Waals surface area contributed by atoms with E-state index in [9.17, 15) is 9.59 Å². The number of aryl methyl sites for hydroxylation is 1. The maximum absolute atomic E-state index is 12.6. The first-order valence-electron chi connectivity index (χ1n) is 10.8. The number of anilines is 1. The summed E-state index contributed by atoms with van der Waals surface area (Å²) in [6.45, 7) is 4.85. The average molecular weight is 453 g/mol. The molecule has 3 heterocycles. The van der Waals surface area contributed by atoms with Crippen molar-refractivity contribution in [3.8, 4) is 0 Å². The van der Waals surface area contributed by atoms with E-state index in [1.54, 1.807) is 35.6 Å². The third kappa shape index (κ3) is 5.77. The Balaban J connectivity index is 1.33. The van der Waals surface area contributed by atoms with Crippen molar-refractivity contribution < 1.29 is 14.0 Å². The number of hydrogen-bond donors (Lipinski definition) is 3. The quantitative estimate of drug-likeness (QED) is 0.468. The predicted octanol–water partition coefficient (Wildman–Crippen LogP) is 4.54. The lowest BCUT2D eigenvalue weighted by Gasteiger charge is -2.26. The molecule has 3 N–H and O–H groups in total. The molecule has 8 heteroatoms. The summed E-state index contributed by atoms with van der Waals surface area (Å²) in [6.07, 6.45) is 2.31. The summed E-state index contributed by atoms with van der Waals surface area (Å²) >= 11 is 1.60. The molecule has 1 aliphatic heterocycles. The average Bonchev–Trinajstić information content (AvgIpc) is 3.56. The van der Waals surface area contributed by atoms with Crippen LogP contribution in [0.4, 0.5) is 10.5 Å². The molecule has 1 unspecified atom stereocenters. The number of thiophene rings is 1. The third-order valence-electron chi connectivity index (χ3n) is 5.51. The number of urea groups is 1. The summed E-state index contributed by atoms with van der Waals surface area (Å²) in [4.78, 5) is 28.4. The van der Waals surface area contributed by atoms with Crippen LogP contribution in [-0.2, 0) is 6.54 Å². The Labute approximate surface area is 191 Å². The molecule has 168 valence electrons. The highest BCUT2D eigenvalue weighted by Crippen LogP contribution is 2.26. The number of hydrogen-bond acceptors (Lipinski definition) is 5. The Bertz CT molecular complexity index is 1040. The first-order valence-corrected chi connectivity index (χ1v) is 11.7. The Morgan fingerprint density at radius 1 is 1.09 bits per heavy atom. The summed E-state index contributed by atoms with van der Waals surface area (Å²) in [5, 5.41) is 10.7. The molecule has 1 aliphatic rings. The van der Waals surface area contributed by atoms with Gasteiger partial charge in [-0.25, -0.2) is 4.79 Å². The summed E-state index contributed by atoms with van der Waals surface area (Å²) in [5.74, 6) is 1.56. The van der Waals surface area contributed by atoms with Gasteiger partial charge in [-0.15, -0.1) is 11.3 Å². The fourth-order valence-electron chi connectivity index (χ4n) is 3.88. The SMILES string of the molecule is Cc1ccc(C(CNC(=O)Nc2cccc(C(=O)NCc3cccs3)c2)N2CCCC2)o1. The van der Waals surface area contributed by atoms with E-state index in [2.05, 4.69) is 20.9 Å². The van der Waals surface area contributed by atoms with Crippen molar-refractivity contribution in [1.82, 2.24) is 15.5 Å². The van der Waals surface area contributed by atoms with E-state index >= 15 is 0 Å².